The summed E-state index contributed by atoms with van der Waals surface area (Å²) in [5, 5.41) is 13.0. The molecule has 2 atom stereocenters. The molecule has 6 heteroatoms. The molecule has 1 aromatic rings. The molecular weight excluding hydrogens is 330 g/mol. The number of carbonyl (C=O) groups is 1. The van der Waals surface area contributed by atoms with E-state index in [9.17, 15) is 9.90 Å². The number of benzene rings is 1. The van der Waals surface area contributed by atoms with Crippen LogP contribution >= 0.6 is 0 Å². The molecule has 1 fully saturated rings. The van der Waals surface area contributed by atoms with Gasteiger partial charge in [0.2, 0.25) is 0 Å². The second kappa shape index (κ2) is 9.03. The van der Waals surface area contributed by atoms with Crippen molar-refractivity contribution in [2.75, 3.05) is 19.7 Å². The zero-order valence-electron chi connectivity index (χ0n) is 16.0. The van der Waals surface area contributed by atoms with Crippen LogP contribution in [0.3, 0.4) is 0 Å². The maximum atomic E-state index is 11.7. The van der Waals surface area contributed by atoms with E-state index in [1.807, 2.05) is 45.0 Å². The molecule has 1 aliphatic heterocycles. The van der Waals surface area contributed by atoms with E-state index in [0.29, 0.717) is 30.6 Å². The first-order valence-electron chi connectivity index (χ1n) is 9.39. The van der Waals surface area contributed by atoms with Gasteiger partial charge >= 0.3 is 5.97 Å². The van der Waals surface area contributed by atoms with Gasteiger partial charge in [0.1, 0.15) is 23.6 Å². The van der Waals surface area contributed by atoms with Crippen molar-refractivity contribution in [3.63, 3.8) is 0 Å². The predicted molar refractivity (Wildman–Crippen MR) is 104 cm³/mol. The van der Waals surface area contributed by atoms with E-state index in [2.05, 4.69) is 10.3 Å². The van der Waals surface area contributed by atoms with Crippen LogP contribution in [0, 0.1) is 11.3 Å². The lowest BCUT2D eigenvalue weighted by atomic mass is 9.75. The number of aliphatic imine (C=N–C) groups is 1. The van der Waals surface area contributed by atoms with E-state index in [-0.39, 0.29) is 12.5 Å². The Balaban J connectivity index is 1.98. The third-order valence-electron chi connectivity index (χ3n) is 5.45. The molecule has 0 aromatic heterocycles. The SMILES string of the molecule is CC[C@](COc1ccc(C(N)=NCC2CCCN2)cc1)(C(=O)O)C(C)C. The lowest BCUT2D eigenvalue weighted by molar-refractivity contribution is -0.154. The number of hydrogen-bond donors (Lipinski definition) is 3. The van der Waals surface area contributed by atoms with Gasteiger partial charge in [-0.05, 0) is 56.0 Å². The summed E-state index contributed by atoms with van der Waals surface area (Å²) in [6, 6.07) is 7.77. The quantitative estimate of drug-likeness (QED) is 0.464. The van der Waals surface area contributed by atoms with Crippen molar-refractivity contribution in [1.82, 2.24) is 5.32 Å². The molecular formula is C20H31N3O3. The van der Waals surface area contributed by atoms with Crippen molar-refractivity contribution >= 4 is 11.8 Å². The van der Waals surface area contributed by atoms with Gasteiger partial charge in [0, 0.05) is 11.6 Å². The van der Waals surface area contributed by atoms with E-state index in [1.54, 1.807) is 0 Å². The Morgan fingerprint density at radius 1 is 1.42 bits per heavy atom. The van der Waals surface area contributed by atoms with Crippen molar-refractivity contribution in [1.29, 1.82) is 0 Å². The van der Waals surface area contributed by atoms with E-state index >= 15 is 0 Å². The number of hydrogen-bond acceptors (Lipinski definition) is 4. The molecule has 0 amide bonds. The highest BCUT2D eigenvalue weighted by Crippen LogP contribution is 2.32. The summed E-state index contributed by atoms with van der Waals surface area (Å²) < 4.78 is 5.79. The van der Waals surface area contributed by atoms with Crippen LogP contribution in [0.25, 0.3) is 0 Å². The van der Waals surface area contributed by atoms with Crippen LogP contribution in [0.2, 0.25) is 0 Å². The summed E-state index contributed by atoms with van der Waals surface area (Å²) >= 11 is 0. The Morgan fingerprint density at radius 3 is 2.62 bits per heavy atom. The lowest BCUT2D eigenvalue weighted by Crippen LogP contribution is -2.41. The molecule has 0 spiro atoms. The lowest BCUT2D eigenvalue weighted by Gasteiger charge is -2.31. The van der Waals surface area contributed by atoms with Crippen molar-refractivity contribution < 1.29 is 14.6 Å². The third kappa shape index (κ3) is 4.75. The maximum absolute atomic E-state index is 11.7. The molecule has 144 valence electrons. The fraction of sp³-hybridized carbons (Fsp3) is 0.600. The number of carboxylic acid groups (broad SMARTS) is 1. The van der Waals surface area contributed by atoms with Crippen molar-refractivity contribution in [2.24, 2.45) is 22.1 Å². The van der Waals surface area contributed by atoms with Crippen LogP contribution in [0.15, 0.2) is 29.3 Å². The van der Waals surface area contributed by atoms with Crippen molar-refractivity contribution in [2.45, 2.75) is 46.1 Å². The molecule has 1 saturated heterocycles. The Morgan fingerprint density at radius 2 is 2.12 bits per heavy atom. The topological polar surface area (TPSA) is 96.9 Å². The molecule has 1 unspecified atom stereocenters. The number of amidine groups is 1. The standard InChI is InChI=1S/C20H31N3O3/c1-4-20(14(2)3,19(24)25)13-26-17-9-7-15(8-10-17)18(21)23-12-16-6-5-11-22-16/h7-10,14,16,22H,4-6,11-13H2,1-3H3,(H2,21,23)(H,24,25)/t16?,20-/m1/s1. The fourth-order valence-electron chi connectivity index (χ4n) is 3.28. The molecule has 0 radical (unpaired) electrons. The van der Waals surface area contributed by atoms with Crippen LogP contribution in [0.4, 0.5) is 0 Å². The van der Waals surface area contributed by atoms with Gasteiger partial charge in [0.05, 0.1) is 6.54 Å². The largest absolute Gasteiger partial charge is 0.492 e. The molecule has 1 heterocycles. The Bertz CT molecular complexity index is 622. The second-order valence-corrected chi connectivity index (χ2v) is 7.30. The molecule has 1 aromatic carbocycles. The Hall–Kier alpha value is -2.08. The minimum Gasteiger partial charge on any atom is -0.492 e. The van der Waals surface area contributed by atoms with Gasteiger partial charge in [-0.1, -0.05) is 20.8 Å². The predicted octanol–water partition coefficient (Wildman–Crippen LogP) is 2.66. The monoisotopic (exact) mass is 361 g/mol. The summed E-state index contributed by atoms with van der Waals surface area (Å²) in [6.07, 6.45) is 2.85. The van der Waals surface area contributed by atoms with E-state index in [1.165, 1.54) is 6.42 Å². The highest BCUT2D eigenvalue weighted by Gasteiger charge is 2.41. The molecule has 6 nitrogen and oxygen atoms in total. The summed E-state index contributed by atoms with van der Waals surface area (Å²) in [5.74, 6) is 0.319. The number of ether oxygens (including phenoxy) is 1. The number of nitrogens with one attached hydrogen (secondary N) is 1. The average Bonchev–Trinajstić information content (AvgIpc) is 3.14. The minimum atomic E-state index is -0.882. The normalized spacial score (nSPS) is 20.2. The van der Waals surface area contributed by atoms with Crippen LogP contribution in [-0.2, 0) is 4.79 Å². The Labute approximate surface area is 155 Å². The van der Waals surface area contributed by atoms with Gasteiger partial charge in [-0.15, -0.1) is 0 Å². The highest BCUT2D eigenvalue weighted by atomic mass is 16.5. The van der Waals surface area contributed by atoms with Crippen LogP contribution < -0.4 is 15.8 Å². The van der Waals surface area contributed by atoms with E-state index in [4.69, 9.17) is 10.5 Å². The van der Waals surface area contributed by atoms with E-state index < -0.39 is 11.4 Å². The molecule has 0 saturated carbocycles. The number of carboxylic acids is 1. The van der Waals surface area contributed by atoms with Gasteiger partial charge in [0.15, 0.2) is 0 Å². The zero-order chi connectivity index (χ0) is 19.2. The van der Waals surface area contributed by atoms with Gasteiger partial charge in [-0.25, -0.2) is 0 Å². The first-order chi connectivity index (χ1) is 12.4. The van der Waals surface area contributed by atoms with E-state index in [0.717, 1.165) is 18.5 Å². The molecule has 4 N–H and O–H groups in total. The van der Waals surface area contributed by atoms with Crippen molar-refractivity contribution in [3.8, 4) is 5.75 Å². The van der Waals surface area contributed by atoms with Gasteiger partial charge in [0.25, 0.3) is 0 Å². The second-order valence-electron chi connectivity index (χ2n) is 7.30. The summed E-state index contributed by atoms with van der Waals surface area (Å²) in [4.78, 5) is 16.2. The minimum absolute atomic E-state index is 0.0174. The van der Waals surface area contributed by atoms with Gasteiger partial charge in [-0.2, -0.15) is 0 Å². The summed E-state index contributed by atoms with van der Waals surface area (Å²) in [5.41, 5.74) is 6.04. The average molecular weight is 361 g/mol. The number of nitrogens with two attached hydrogens (primary N) is 1. The number of aliphatic carboxylic acids is 1. The van der Waals surface area contributed by atoms with Crippen LogP contribution in [-0.4, -0.2) is 42.6 Å². The fourth-order valence-corrected chi connectivity index (χ4v) is 3.28. The number of rotatable bonds is 9. The first-order valence-corrected chi connectivity index (χ1v) is 9.39. The molecule has 0 bridgehead atoms. The molecule has 2 rings (SSSR count). The first kappa shape index (κ1) is 20.2. The zero-order valence-corrected chi connectivity index (χ0v) is 16.0. The Kier molecular flexibility index (Phi) is 7.03. The molecule has 26 heavy (non-hydrogen) atoms. The van der Waals surface area contributed by atoms with Gasteiger partial charge in [-0.3, -0.25) is 9.79 Å². The smallest absolute Gasteiger partial charge is 0.313 e. The highest BCUT2D eigenvalue weighted by molar-refractivity contribution is 5.97. The van der Waals surface area contributed by atoms with Crippen molar-refractivity contribution in [3.05, 3.63) is 29.8 Å². The maximum Gasteiger partial charge on any atom is 0.313 e. The van der Waals surface area contributed by atoms with Crippen LogP contribution in [0.5, 0.6) is 5.75 Å². The summed E-state index contributed by atoms with van der Waals surface area (Å²) in [6.45, 7) is 7.61. The third-order valence-corrected chi connectivity index (χ3v) is 5.45. The van der Waals surface area contributed by atoms with Gasteiger partial charge < -0.3 is 20.9 Å². The van der Waals surface area contributed by atoms with Crippen LogP contribution in [0.1, 0.15) is 45.6 Å². The molecule has 0 aliphatic carbocycles. The summed E-state index contributed by atoms with van der Waals surface area (Å²) in [7, 11) is 0. The molecule has 1 aliphatic rings. The number of nitrogens with zero attached hydrogens (tertiary/aromatic N) is 1.